The SMILES string of the molecule is Cc1cccc(CN2C(=O)[C@@H]3Cc4c([nH]c5ccccc45)C(C)(C)N3C2=O)c1. The van der Waals surface area contributed by atoms with Crippen molar-refractivity contribution in [3.8, 4) is 0 Å². The van der Waals surface area contributed by atoms with Gasteiger partial charge in [0.05, 0.1) is 12.1 Å². The van der Waals surface area contributed by atoms with E-state index in [0.717, 1.165) is 33.3 Å². The first-order valence-corrected chi connectivity index (χ1v) is 9.68. The lowest BCUT2D eigenvalue weighted by Crippen LogP contribution is -2.52. The number of nitrogens with one attached hydrogen (secondary N) is 1. The Morgan fingerprint density at radius 2 is 1.89 bits per heavy atom. The number of nitrogens with zero attached hydrogens (tertiary/aromatic N) is 2. The number of imide groups is 1. The minimum atomic E-state index is -0.578. The van der Waals surface area contributed by atoms with Crippen LogP contribution in [0.25, 0.3) is 10.9 Å². The van der Waals surface area contributed by atoms with Crippen LogP contribution in [-0.4, -0.2) is 32.8 Å². The molecule has 0 unspecified atom stereocenters. The molecule has 28 heavy (non-hydrogen) atoms. The number of carbonyl (C=O) groups excluding carboxylic acids is 2. The van der Waals surface area contributed by atoms with Gasteiger partial charge in [-0.05, 0) is 38.0 Å². The molecule has 1 saturated heterocycles. The van der Waals surface area contributed by atoms with Crippen LogP contribution in [0.4, 0.5) is 4.79 Å². The fraction of sp³-hybridized carbons (Fsp3) is 0.304. The fourth-order valence-electron chi connectivity index (χ4n) is 4.84. The highest BCUT2D eigenvalue weighted by atomic mass is 16.2. The van der Waals surface area contributed by atoms with Crippen LogP contribution in [-0.2, 0) is 23.3 Å². The number of hydrogen-bond donors (Lipinski definition) is 1. The first-order valence-electron chi connectivity index (χ1n) is 9.68. The molecule has 3 aromatic rings. The smallest absolute Gasteiger partial charge is 0.328 e. The van der Waals surface area contributed by atoms with E-state index in [1.54, 1.807) is 4.90 Å². The summed E-state index contributed by atoms with van der Waals surface area (Å²) >= 11 is 0. The van der Waals surface area contributed by atoms with Crippen LogP contribution in [0.15, 0.2) is 48.5 Å². The van der Waals surface area contributed by atoms with Crippen LogP contribution < -0.4 is 0 Å². The molecule has 2 aliphatic heterocycles. The third-order valence-corrected chi connectivity index (χ3v) is 6.15. The molecule has 1 fully saturated rings. The van der Waals surface area contributed by atoms with Crippen molar-refractivity contribution in [3.63, 3.8) is 0 Å². The van der Waals surface area contributed by atoms with Gasteiger partial charge in [0.25, 0.3) is 5.91 Å². The molecule has 1 aromatic heterocycles. The highest BCUT2D eigenvalue weighted by Gasteiger charge is 2.55. The number of para-hydroxylation sites is 1. The van der Waals surface area contributed by atoms with Crippen LogP contribution in [0.5, 0.6) is 0 Å². The van der Waals surface area contributed by atoms with Gasteiger partial charge in [-0.1, -0.05) is 48.0 Å². The summed E-state index contributed by atoms with van der Waals surface area (Å²) in [5.41, 5.74) is 4.76. The summed E-state index contributed by atoms with van der Waals surface area (Å²) in [5, 5.41) is 1.14. The zero-order valence-corrected chi connectivity index (χ0v) is 16.3. The molecule has 0 aliphatic carbocycles. The monoisotopic (exact) mass is 373 g/mol. The Balaban J connectivity index is 1.56. The number of H-pyrrole nitrogens is 1. The maximum absolute atomic E-state index is 13.3. The Labute approximate surface area is 163 Å². The van der Waals surface area contributed by atoms with E-state index in [2.05, 4.69) is 11.1 Å². The number of aromatic nitrogens is 1. The lowest BCUT2D eigenvalue weighted by molar-refractivity contribution is -0.129. The standard InChI is InChI=1S/C23H23N3O2/c1-14-7-6-8-15(11-14)13-25-21(27)19-12-17-16-9-4-5-10-18(16)24-20(17)23(2,3)26(19)22(25)28/h4-11,19,24H,12-13H2,1-3H3/t19-/m0/s1. The third kappa shape index (κ3) is 2.25. The van der Waals surface area contributed by atoms with Gasteiger partial charge in [-0.15, -0.1) is 0 Å². The summed E-state index contributed by atoms with van der Waals surface area (Å²) in [4.78, 5) is 33.2. The zero-order valence-electron chi connectivity index (χ0n) is 16.3. The molecule has 1 atom stereocenters. The molecule has 0 saturated carbocycles. The Bertz CT molecular complexity index is 1130. The number of amides is 3. The molecule has 0 radical (unpaired) electrons. The predicted molar refractivity (Wildman–Crippen MR) is 108 cm³/mol. The maximum atomic E-state index is 13.3. The Morgan fingerprint density at radius 3 is 2.68 bits per heavy atom. The van der Waals surface area contributed by atoms with E-state index in [-0.39, 0.29) is 11.9 Å². The minimum Gasteiger partial charge on any atom is -0.356 e. The minimum absolute atomic E-state index is 0.101. The van der Waals surface area contributed by atoms with Crippen LogP contribution in [0.3, 0.4) is 0 Å². The quantitative estimate of drug-likeness (QED) is 0.688. The van der Waals surface area contributed by atoms with Crippen molar-refractivity contribution in [2.24, 2.45) is 0 Å². The van der Waals surface area contributed by atoms with E-state index in [4.69, 9.17) is 0 Å². The maximum Gasteiger partial charge on any atom is 0.328 e. The Morgan fingerprint density at radius 1 is 1.11 bits per heavy atom. The molecular formula is C23H23N3O2. The molecule has 3 amide bonds. The number of urea groups is 1. The van der Waals surface area contributed by atoms with Gasteiger partial charge in [0.15, 0.2) is 0 Å². The molecule has 2 aromatic carbocycles. The topological polar surface area (TPSA) is 56.4 Å². The average Bonchev–Trinajstić information content (AvgIpc) is 3.15. The van der Waals surface area contributed by atoms with Gasteiger partial charge in [-0.3, -0.25) is 9.69 Å². The molecule has 0 bridgehead atoms. The highest BCUT2D eigenvalue weighted by Crippen LogP contribution is 2.44. The Kier molecular flexibility index (Phi) is 3.48. The van der Waals surface area contributed by atoms with Gasteiger partial charge >= 0.3 is 6.03 Å². The summed E-state index contributed by atoms with van der Waals surface area (Å²) in [7, 11) is 0. The molecule has 1 N–H and O–H groups in total. The van der Waals surface area contributed by atoms with Crippen molar-refractivity contribution in [3.05, 3.63) is 70.9 Å². The predicted octanol–water partition coefficient (Wildman–Crippen LogP) is 4.10. The summed E-state index contributed by atoms with van der Waals surface area (Å²) in [6.45, 7) is 6.38. The summed E-state index contributed by atoms with van der Waals surface area (Å²) in [5.74, 6) is -0.101. The number of aryl methyl sites for hydroxylation is 1. The van der Waals surface area contributed by atoms with Gasteiger partial charge in [-0.25, -0.2) is 4.79 Å². The first-order chi connectivity index (χ1) is 13.4. The van der Waals surface area contributed by atoms with Gasteiger partial charge in [0, 0.05) is 23.0 Å². The van der Waals surface area contributed by atoms with Crippen molar-refractivity contribution in [1.29, 1.82) is 0 Å². The summed E-state index contributed by atoms with van der Waals surface area (Å²) in [6.07, 6.45) is 0.553. The van der Waals surface area contributed by atoms with E-state index in [1.807, 2.05) is 63.2 Å². The summed E-state index contributed by atoms with van der Waals surface area (Å²) < 4.78 is 0. The second-order valence-corrected chi connectivity index (χ2v) is 8.37. The second-order valence-electron chi connectivity index (χ2n) is 8.37. The van der Waals surface area contributed by atoms with Crippen molar-refractivity contribution < 1.29 is 9.59 Å². The number of rotatable bonds is 2. The van der Waals surface area contributed by atoms with E-state index >= 15 is 0 Å². The molecular weight excluding hydrogens is 350 g/mol. The average molecular weight is 373 g/mol. The molecule has 3 heterocycles. The third-order valence-electron chi connectivity index (χ3n) is 6.15. The van der Waals surface area contributed by atoms with E-state index in [9.17, 15) is 9.59 Å². The molecule has 2 aliphatic rings. The second kappa shape index (κ2) is 5.71. The van der Waals surface area contributed by atoms with Crippen LogP contribution in [0, 0.1) is 6.92 Å². The number of carbonyl (C=O) groups is 2. The van der Waals surface area contributed by atoms with E-state index in [0.29, 0.717) is 13.0 Å². The molecule has 142 valence electrons. The largest absolute Gasteiger partial charge is 0.356 e. The van der Waals surface area contributed by atoms with Crippen molar-refractivity contribution in [2.45, 2.75) is 45.3 Å². The number of benzene rings is 2. The van der Waals surface area contributed by atoms with Gasteiger partial charge < -0.3 is 9.88 Å². The van der Waals surface area contributed by atoms with E-state index < -0.39 is 11.6 Å². The molecule has 0 spiro atoms. The number of hydrogen-bond acceptors (Lipinski definition) is 2. The zero-order chi connectivity index (χ0) is 19.6. The van der Waals surface area contributed by atoms with Crippen LogP contribution >= 0.6 is 0 Å². The molecule has 5 nitrogen and oxygen atoms in total. The van der Waals surface area contributed by atoms with Gasteiger partial charge in [0.2, 0.25) is 0 Å². The van der Waals surface area contributed by atoms with Gasteiger partial charge in [0.1, 0.15) is 6.04 Å². The normalized spacial score (nSPS) is 20.6. The summed E-state index contributed by atoms with van der Waals surface area (Å²) in [6, 6.07) is 15.5. The van der Waals surface area contributed by atoms with Crippen molar-refractivity contribution in [2.75, 3.05) is 0 Å². The molecule has 5 heteroatoms. The van der Waals surface area contributed by atoms with Crippen molar-refractivity contribution >= 4 is 22.8 Å². The van der Waals surface area contributed by atoms with Gasteiger partial charge in [-0.2, -0.15) is 0 Å². The first kappa shape index (κ1) is 17.0. The van der Waals surface area contributed by atoms with Crippen LogP contribution in [0.1, 0.15) is 36.2 Å². The Hall–Kier alpha value is -3.08. The highest BCUT2D eigenvalue weighted by molar-refractivity contribution is 6.05. The lowest BCUT2D eigenvalue weighted by atomic mass is 9.85. The fourth-order valence-corrected chi connectivity index (χ4v) is 4.84. The van der Waals surface area contributed by atoms with E-state index in [1.165, 1.54) is 4.90 Å². The number of fused-ring (bicyclic) bond motifs is 4. The van der Waals surface area contributed by atoms with Crippen LogP contribution in [0.2, 0.25) is 0 Å². The molecule has 5 rings (SSSR count). The van der Waals surface area contributed by atoms with Crippen molar-refractivity contribution in [1.82, 2.24) is 14.8 Å². The lowest BCUT2D eigenvalue weighted by Gasteiger charge is -2.42. The number of aromatic amines is 1.